The van der Waals surface area contributed by atoms with Crippen molar-refractivity contribution in [1.82, 2.24) is 5.32 Å². The molecular weight excluding hydrogens is 232 g/mol. The van der Waals surface area contributed by atoms with E-state index < -0.39 is 5.97 Å². The van der Waals surface area contributed by atoms with E-state index in [1.807, 2.05) is 19.1 Å². The first-order valence-corrected chi connectivity index (χ1v) is 5.87. The topological polar surface area (TPSA) is 67.4 Å². The van der Waals surface area contributed by atoms with Gasteiger partial charge in [-0.3, -0.25) is 9.59 Å². The number of amides is 1. The molecule has 0 bridgehead atoms. The molecule has 0 saturated carbocycles. The number of nitrogens with one attached hydrogen (secondary N) is 2. The molecule has 1 amide bonds. The molecule has 0 aliphatic carbocycles. The van der Waals surface area contributed by atoms with Crippen molar-refractivity contribution < 1.29 is 14.3 Å². The third-order valence-electron chi connectivity index (χ3n) is 2.36. The van der Waals surface area contributed by atoms with Gasteiger partial charge in [0, 0.05) is 12.2 Å². The van der Waals surface area contributed by atoms with E-state index in [1.54, 1.807) is 12.1 Å². The summed E-state index contributed by atoms with van der Waals surface area (Å²) in [4.78, 5) is 22.8. The Kier molecular flexibility index (Phi) is 5.70. The van der Waals surface area contributed by atoms with Crippen LogP contribution in [0.2, 0.25) is 0 Å². The molecule has 1 aromatic rings. The van der Waals surface area contributed by atoms with Gasteiger partial charge in [0.25, 0.3) is 5.91 Å². The molecule has 0 aliphatic rings. The van der Waals surface area contributed by atoms with Crippen molar-refractivity contribution >= 4 is 17.6 Å². The normalized spacial score (nSPS) is 9.67. The molecule has 0 aliphatic heterocycles. The van der Waals surface area contributed by atoms with Gasteiger partial charge in [-0.15, -0.1) is 0 Å². The van der Waals surface area contributed by atoms with Crippen LogP contribution in [0.4, 0.5) is 5.69 Å². The molecule has 18 heavy (non-hydrogen) atoms. The zero-order valence-corrected chi connectivity index (χ0v) is 10.7. The van der Waals surface area contributed by atoms with Gasteiger partial charge in [0.05, 0.1) is 12.7 Å². The summed E-state index contributed by atoms with van der Waals surface area (Å²) >= 11 is 0. The zero-order valence-electron chi connectivity index (χ0n) is 10.7. The molecule has 1 aromatic carbocycles. The van der Waals surface area contributed by atoms with Gasteiger partial charge >= 0.3 is 5.97 Å². The number of carbonyl (C=O) groups excluding carboxylic acids is 2. The number of rotatable bonds is 6. The number of hydrogen-bond donors (Lipinski definition) is 2. The van der Waals surface area contributed by atoms with Gasteiger partial charge in [0.15, 0.2) is 0 Å². The van der Waals surface area contributed by atoms with Crippen molar-refractivity contribution in [2.75, 3.05) is 25.5 Å². The fourth-order valence-electron chi connectivity index (χ4n) is 1.41. The van der Waals surface area contributed by atoms with Crippen LogP contribution in [0.25, 0.3) is 0 Å². The summed E-state index contributed by atoms with van der Waals surface area (Å²) in [5, 5.41) is 5.68. The fraction of sp³-hybridized carbons (Fsp3) is 0.385. The molecule has 0 aromatic heterocycles. The van der Waals surface area contributed by atoms with E-state index in [2.05, 4.69) is 15.4 Å². The van der Waals surface area contributed by atoms with Gasteiger partial charge in [0.1, 0.15) is 6.54 Å². The minimum absolute atomic E-state index is 0.128. The van der Waals surface area contributed by atoms with Crippen LogP contribution >= 0.6 is 0 Å². The lowest BCUT2D eigenvalue weighted by molar-refractivity contribution is -0.139. The molecule has 5 heteroatoms. The average Bonchev–Trinajstić information content (AvgIpc) is 2.42. The van der Waals surface area contributed by atoms with Gasteiger partial charge in [-0.1, -0.05) is 19.1 Å². The lowest BCUT2D eigenvalue weighted by atomic mass is 10.1. The average molecular weight is 250 g/mol. The van der Waals surface area contributed by atoms with Gasteiger partial charge in [-0.05, 0) is 18.6 Å². The standard InChI is InChI=1S/C13H18N2O3/c1-3-8-14-11-7-5-4-6-10(11)13(17)15-9-12(16)18-2/h4-7,14H,3,8-9H2,1-2H3,(H,15,17). The Morgan fingerprint density at radius 1 is 1.28 bits per heavy atom. The van der Waals surface area contributed by atoms with Crippen molar-refractivity contribution in [3.8, 4) is 0 Å². The van der Waals surface area contributed by atoms with E-state index in [1.165, 1.54) is 7.11 Å². The van der Waals surface area contributed by atoms with Gasteiger partial charge in [-0.2, -0.15) is 0 Å². The first kappa shape index (κ1) is 14.0. The molecule has 0 saturated heterocycles. The Hall–Kier alpha value is -2.04. The minimum atomic E-state index is -0.470. The minimum Gasteiger partial charge on any atom is -0.468 e. The number of ether oxygens (including phenoxy) is 1. The highest BCUT2D eigenvalue weighted by Gasteiger charge is 2.11. The number of hydrogen-bond acceptors (Lipinski definition) is 4. The van der Waals surface area contributed by atoms with E-state index in [0.717, 1.165) is 18.7 Å². The Balaban J connectivity index is 2.69. The van der Waals surface area contributed by atoms with Crippen LogP contribution in [0.1, 0.15) is 23.7 Å². The highest BCUT2D eigenvalue weighted by molar-refractivity contribution is 6.00. The fourth-order valence-corrected chi connectivity index (χ4v) is 1.41. The molecule has 0 unspecified atom stereocenters. The second kappa shape index (κ2) is 7.32. The summed E-state index contributed by atoms with van der Waals surface area (Å²) in [6, 6.07) is 7.19. The van der Waals surface area contributed by atoms with Crippen molar-refractivity contribution in [3.63, 3.8) is 0 Å². The molecule has 0 atom stereocenters. The molecule has 98 valence electrons. The number of methoxy groups -OCH3 is 1. The summed E-state index contributed by atoms with van der Waals surface area (Å²) in [5.41, 5.74) is 1.29. The number of benzene rings is 1. The van der Waals surface area contributed by atoms with Crippen molar-refractivity contribution in [1.29, 1.82) is 0 Å². The Morgan fingerprint density at radius 2 is 2.00 bits per heavy atom. The second-order valence-electron chi connectivity index (χ2n) is 3.73. The summed E-state index contributed by atoms with van der Waals surface area (Å²) in [6.45, 7) is 2.71. The van der Waals surface area contributed by atoms with Crippen LogP contribution in [0, 0.1) is 0 Å². The van der Waals surface area contributed by atoms with Gasteiger partial charge < -0.3 is 15.4 Å². The molecule has 0 spiro atoms. The molecule has 0 radical (unpaired) electrons. The number of esters is 1. The van der Waals surface area contributed by atoms with E-state index in [9.17, 15) is 9.59 Å². The number of para-hydroxylation sites is 1. The maximum absolute atomic E-state index is 11.9. The summed E-state index contributed by atoms with van der Waals surface area (Å²) in [7, 11) is 1.28. The maximum atomic E-state index is 11.9. The van der Waals surface area contributed by atoms with Crippen LogP contribution in [0.5, 0.6) is 0 Å². The molecule has 5 nitrogen and oxygen atoms in total. The first-order valence-electron chi connectivity index (χ1n) is 5.87. The summed E-state index contributed by atoms with van der Waals surface area (Å²) in [5.74, 6) is -0.762. The largest absolute Gasteiger partial charge is 0.468 e. The predicted molar refractivity (Wildman–Crippen MR) is 69.6 cm³/mol. The predicted octanol–water partition coefficient (Wildman–Crippen LogP) is 1.41. The van der Waals surface area contributed by atoms with Crippen molar-refractivity contribution in [2.45, 2.75) is 13.3 Å². The molecule has 2 N–H and O–H groups in total. The van der Waals surface area contributed by atoms with Crippen molar-refractivity contribution in [3.05, 3.63) is 29.8 Å². The smallest absolute Gasteiger partial charge is 0.325 e. The number of anilines is 1. The SMILES string of the molecule is CCCNc1ccccc1C(=O)NCC(=O)OC. The van der Waals surface area contributed by atoms with Gasteiger partial charge in [0.2, 0.25) is 0 Å². The Morgan fingerprint density at radius 3 is 2.67 bits per heavy atom. The van der Waals surface area contributed by atoms with Crippen LogP contribution < -0.4 is 10.6 Å². The van der Waals surface area contributed by atoms with E-state index >= 15 is 0 Å². The Labute approximate surface area is 107 Å². The van der Waals surface area contributed by atoms with Gasteiger partial charge in [-0.25, -0.2) is 0 Å². The lowest BCUT2D eigenvalue weighted by Crippen LogP contribution is -2.30. The van der Waals surface area contributed by atoms with E-state index in [0.29, 0.717) is 5.56 Å². The monoisotopic (exact) mass is 250 g/mol. The summed E-state index contributed by atoms with van der Waals surface area (Å²) in [6.07, 6.45) is 0.970. The van der Waals surface area contributed by atoms with Crippen LogP contribution in [0.3, 0.4) is 0 Å². The molecule has 0 heterocycles. The molecule has 0 fully saturated rings. The quantitative estimate of drug-likeness (QED) is 0.749. The highest BCUT2D eigenvalue weighted by atomic mass is 16.5. The maximum Gasteiger partial charge on any atom is 0.325 e. The Bertz CT molecular complexity index is 418. The van der Waals surface area contributed by atoms with Crippen LogP contribution in [-0.2, 0) is 9.53 Å². The van der Waals surface area contributed by atoms with E-state index in [-0.39, 0.29) is 12.5 Å². The molecule has 1 rings (SSSR count). The molecular formula is C13H18N2O3. The third kappa shape index (κ3) is 4.08. The third-order valence-corrected chi connectivity index (χ3v) is 2.36. The first-order chi connectivity index (χ1) is 8.69. The van der Waals surface area contributed by atoms with Crippen molar-refractivity contribution in [2.24, 2.45) is 0 Å². The second-order valence-corrected chi connectivity index (χ2v) is 3.73. The number of carbonyl (C=O) groups is 2. The van der Waals surface area contributed by atoms with Crippen LogP contribution in [-0.4, -0.2) is 32.1 Å². The highest BCUT2D eigenvalue weighted by Crippen LogP contribution is 2.14. The summed E-state index contributed by atoms with van der Waals surface area (Å²) < 4.78 is 4.46. The zero-order chi connectivity index (χ0) is 13.4. The van der Waals surface area contributed by atoms with Crippen LogP contribution in [0.15, 0.2) is 24.3 Å². The van der Waals surface area contributed by atoms with E-state index in [4.69, 9.17) is 0 Å². The lowest BCUT2D eigenvalue weighted by Gasteiger charge is -2.11.